The van der Waals surface area contributed by atoms with E-state index in [1.807, 2.05) is 0 Å². The van der Waals surface area contributed by atoms with Crippen LogP contribution in [0.2, 0.25) is 0 Å². The molecule has 0 fully saturated rings. The molecule has 1 aromatic carbocycles. The summed E-state index contributed by atoms with van der Waals surface area (Å²) in [6, 6.07) is 1.92. The molecule has 0 unspecified atom stereocenters. The van der Waals surface area contributed by atoms with E-state index in [0.29, 0.717) is 6.42 Å². The molecular formula is C15H18F3N3O4. The minimum absolute atomic E-state index is 0.111. The first-order valence-corrected chi connectivity index (χ1v) is 7.37. The molecule has 0 aliphatic carbocycles. The number of amides is 3. The summed E-state index contributed by atoms with van der Waals surface area (Å²) in [7, 11) is 0. The molecule has 0 radical (unpaired) electrons. The van der Waals surface area contributed by atoms with E-state index in [4.69, 9.17) is 5.11 Å². The van der Waals surface area contributed by atoms with Gasteiger partial charge in [-0.3, -0.25) is 4.79 Å². The molecule has 1 atom stereocenters. The van der Waals surface area contributed by atoms with E-state index in [9.17, 15) is 27.6 Å². The Bertz CT molecular complexity index is 617. The van der Waals surface area contributed by atoms with Crippen molar-refractivity contribution in [2.24, 2.45) is 0 Å². The largest absolute Gasteiger partial charge is 0.480 e. The van der Waals surface area contributed by atoms with E-state index >= 15 is 0 Å². The summed E-state index contributed by atoms with van der Waals surface area (Å²) in [4.78, 5) is 34.1. The van der Waals surface area contributed by atoms with Gasteiger partial charge < -0.3 is 21.1 Å². The molecule has 0 aromatic heterocycles. The second kappa shape index (κ2) is 8.90. The van der Waals surface area contributed by atoms with Gasteiger partial charge in [0.1, 0.15) is 6.04 Å². The van der Waals surface area contributed by atoms with Crippen LogP contribution in [0.3, 0.4) is 0 Å². The van der Waals surface area contributed by atoms with Crippen LogP contribution in [-0.4, -0.2) is 35.6 Å². The van der Waals surface area contributed by atoms with E-state index in [2.05, 4.69) is 16.0 Å². The van der Waals surface area contributed by atoms with E-state index in [1.54, 1.807) is 6.92 Å². The number of hydrogen-bond acceptors (Lipinski definition) is 3. The van der Waals surface area contributed by atoms with Crippen LogP contribution in [0.5, 0.6) is 0 Å². The van der Waals surface area contributed by atoms with Gasteiger partial charge >= 0.3 is 18.2 Å². The Morgan fingerprint density at radius 1 is 1.16 bits per heavy atom. The van der Waals surface area contributed by atoms with Crippen molar-refractivity contribution in [2.45, 2.75) is 32.0 Å². The molecule has 138 valence electrons. The Kier molecular flexibility index (Phi) is 7.22. The lowest BCUT2D eigenvalue weighted by Gasteiger charge is -2.14. The molecule has 0 aliphatic heterocycles. The minimum Gasteiger partial charge on any atom is -0.480 e. The first-order chi connectivity index (χ1) is 11.6. The van der Waals surface area contributed by atoms with E-state index < -0.39 is 42.2 Å². The Balaban J connectivity index is 2.46. The van der Waals surface area contributed by atoms with Gasteiger partial charge in [-0.15, -0.1) is 0 Å². The number of carboxylic acids is 1. The van der Waals surface area contributed by atoms with Gasteiger partial charge in [0.15, 0.2) is 0 Å². The molecule has 4 N–H and O–H groups in total. The summed E-state index contributed by atoms with van der Waals surface area (Å²) < 4.78 is 37.3. The molecule has 7 nitrogen and oxygen atoms in total. The maximum absolute atomic E-state index is 12.4. The third-order valence-electron chi connectivity index (χ3n) is 3.09. The first kappa shape index (κ1) is 20.3. The zero-order chi connectivity index (χ0) is 19.0. The lowest BCUT2D eigenvalue weighted by Crippen LogP contribution is -2.46. The number of urea groups is 1. The van der Waals surface area contributed by atoms with Gasteiger partial charge in [-0.05, 0) is 30.7 Å². The first-order valence-electron chi connectivity index (χ1n) is 7.37. The number of halogens is 3. The van der Waals surface area contributed by atoms with Gasteiger partial charge in [-0.2, -0.15) is 13.2 Å². The molecule has 25 heavy (non-hydrogen) atoms. The highest BCUT2D eigenvalue weighted by molar-refractivity contribution is 5.93. The highest BCUT2D eigenvalue weighted by atomic mass is 19.4. The van der Waals surface area contributed by atoms with Crippen LogP contribution in [-0.2, 0) is 15.8 Å². The van der Waals surface area contributed by atoms with Crippen LogP contribution >= 0.6 is 0 Å². The quantitative estimate of drug-likeness (QED) is 0.597. The Labute approximate surface area is 141 Å². The lowest BCUT2D eigenvalue weighted by molar-refractivity contribution is -0.141. The zero-order valence-corrected chi connectivity index (χ0v) is 13.3. The van der Waals surface area contributed by atoms with Crippen LogP contribution < -0.4 is 16.0 Å². The fraction of sp³-hybridized carbons (Fsp3) is 0.400. The predicted octanol–water partition coefficient (Wildman–Crippen LogP) is 2.20. The van der Waals surface area contributed by atoms with Gasteiger partial charge in [0.2, 0.25) is 5.91 Å². The average molecular weight is 361 g/mol. The van der Waals surface area contributed by atoms with Crippen molar-refractivity contribution in [3.8, 4) is 0 Å². The van der Waals surface area contributed by atoms with Crippen molar-refractivity contribution in [3.63, 3.8) is 0 Å². The summed E-state index contributed by atoms with van der Waals surface area (Å²) >= 11 is 0. The maximum atomic E-state index is 12.4. The predicted molar refractivity (Wildman–Crippen MR) is 82.9 cm³/mol. The molecule has 0 spiro atoms. The van der Waals surface area contributed by atoms with Crippen LogP contribution in [0.25, 0.3) is 0 Å². The van der Waals surface area contributed by atoms with Crippen molar-refractivity contribution < 1.29 is 32.7 Å². The van der Waals surface area contributed by atoms with Gasteiger partial charge in [-0.1, -0.05) is 13.3 Å². The van der Waals surface area contributed by atoms with Gasteiger partial charge in [0.25, 0.3) is 0 Å². The van der Waals surface area contributed by atoms with E-state index in [0.717, 1.165) is 24.3 Å². The number of nitrogens with one attached hydrogen (secondary N) is 3. The van der Waals surface area contributed by atoms with Crippen LogP contribution in [0.4, 0.5) is 23.7 Å². The third-order valence-corrected chi connectivity index (χ3v) is 3.09. The minimum atomic E-state index is -4.47. The number of rotatable bonds is 7. The standard InChI is InChI=1S/C15H18F3N3O4/c1-2-3-11(13(23)24)21-12(22)8-19-14(25)20-10-6-4-9(5-7-10)15(16,17)18/h4-7,11H,2-3,8H2,1H3,(H,21,22)(H,23,24)(H2,19,20,25)/t11-/m0/s1. The fourth-order valence-corrected chi connectivity index (χ4v) is 1.87. The summed E-state index contributed by atoms with van der Waals surface area (Å²) in [6.45, 7) is 1.29. The number of aliphatic carboxylic acids is 1. The fourth-order valence-electron chi connectivity index (χ4n) is 1.87. The van der Waals surface area contributed by atoms with Crippen LogP contribution in [0.1, 0.15) is 25.3 Å². The molecule has 0 saturated carbocycles. The van der Waals surface area contributed by atoms with Crippen molar-refractivity contribution in [2.75, 3.05) is 11.9 Å². The molecule has 0 aliphatic rings. The van der Waals surface area contributed by atoms with E-state index in [1.165, 1.54) is 0 Å². The van der Waals surface area contributed by atoms with Crippen molar-refractivity contribution in [1.82, 2.24) is 10.6 Å². The second-order valence-electron chi connectivity index (χ2n) is 5.13. The second-order valence-corrected chi connectivity index (χ2v) is 5.13. The number of hydrogen-bond donors (Lipinski definition) is 4. The average Bonchev–Trinajstić information content (AvgIpc) is 2.52. The Morgan fingerprint density at radius 2 is 1.76 bits per heavy atom. The van der Waals surface area contributed by atoms with Crippen LogP contribution in [0, 0.1) is 0 Å². The molecule has 0 heterocycles. The topological polar surface area (TPSA) is 108 Å². The summed E-state index contributed by atoms with van der Waals surface area (Å²) in [5.41, 5.74) is -0.742. The number of benzene rings is 1. The summed E-state index contributed by atoms with van der Waals surface area (Å²) in [5.74, 6) is -1.87. The van der Waals surface area contributed by atoms with Gasteiger partial charge in [0.05, 0.1) is 12.1 Å². The smallest absolute Gasteiger partial charge is 0.416 e. The van der Waals surface area contributed by atoms with Crippen molar-refractivity contribution in [3.05, 3.63) is 29.8 Å². The van der Waals surface area contributed by atoms with Crippen molar-refractivity contribution in [1.29, 1.82) is 0 Å². The molecule has 1 rings (SSSR count). The monoisotopic (exact) mass is 361 g/mol. The summed E-state index contributed by atoms with van der Waals surface area (Å²) in [6.07, 6.45) is -3.67. The number of anilines is 1. The van der Waals surface area contributed by atoms with Gasteiger partial charge in [0, 0.05) is 5.69 Å². The molecule has 1 aromatic rings. The number of alkyl halides is 3. The molecule has 0 bridgehead atoms. The molecule has 10 heteroatoms. The molecule has 0 saturated heterocycles. The molecule has 3 amide bonds. The molecular weight excluding hydrogens is 343 g/mol. The Morgan fingerprint density at radius 3 is 2.24 bits per heavy atom. The lowest BCUT2D eigenvalue weighted by atomic mass is 10.1. The van der Waals surface area contributed by atoms with Crippen LogP contribution in [0.15, 0.2) is 24.3 Å². The number of carboxylic acid groups (broad SMARTS) is 1. The Hall–Kier alpha value is -2.78. The highest BCUT2D eigenvalue weighted by Crippen LogP contribution is 2.29. The normalized spacial score (nSPS) is 12.2. The number of carbonyl (C=O) groups is 3. The zero-order valence-electron chi connectivity index (χ0n) is 13.3. The third kappa shape index (κ3) is 7.10. The maximum Gasteiger partial charge on any atom is 0.416 e. The van der Waals surface area contributed by atoms with Crippen molar-refractivity contribution >= 4 is 23.6 Å². The van der Waals surface area contributed by atoms with E-state index in [-0.39, 0.29) is 12.1 Å². The summed E-state index contributed by atoms with van der Waals surface area (Å²) in [5, 5.41) is 15.6. The highest BCUT2D eigenvalue weighted by Gasteiger charge is 2.30. The number of carbonyl (C=O) groups excluding carboxylic acids is 2. The van der Waals surface area contributed by atoms with Gasteiger partial charge in [-0.25, -0.2) is 9.59 Å². The SMILES string of the molecule is CCC[C@H](NC(=O)CNC(=O)Nc1ccc(C(F)(F)F)cc1)C(=O)O.